The van der Waals surface area contributed by atoms with E-state index in [0.29, 0.717) is 0 Å². The van der Waals surface area contributed by atoms with Crippen molar-refractivity contribution in [1.29, 1.82) is 0 Å². The lowest BCUT2D eigenvalue weighted by molar-refractivity contribution is 0.0779. The molecule has 2 saturated carbocycles. The third-order valence-corrected chi connectivity index (χ3v) is 6.75. The first-order chi connectivity index (χ1) is 11.8. The fourth-order valence-electron chi connectivity index (χ4n) is 5.13. The van der Waals surface area contributed by atoms with Crippen molar-refractivity contribution in [2.45, 2.75) is 96.8 Å². The van der Waals surface area contributed by atoms with Crippen LogP contribution in [0.1, 0.15) is 96.8 Å². The van der Waals surface area contributed by atoms with Gasteiger partial charge in [0, 0.05) is 6.61 Å². The Hall–Kier alpha value is -0.300. The molecule has 2 aliphatic rings. The minimum Gasteiger partial charge on any atom is -0.377 e. The molecular formula is C23H42O. The van der Waals surface area contributed by atoms with Crippen molar-refractivity contribution < 1.29 is 4.74 Å². The molecule has 0 bridgehead atoms. The van der Waals surface area contributed by atoms with E-state index in [-0.39, 0.29) is 0 Å². The Balaban J connectivity index is 1.54. The van der Waals surface area contributed by atoms with Crippen molar-refractivity contribution in [2.24, 2.45) is 23.7 Å². The highest BCUT2D eigenvalue weighted by atomic mass is 16.5. The van der Waals surface area contributed by atoms with Crippen LogP contribution in [-0.2, 0) is 4.74 Å². The Labute approximate surface area is 151 Å². The van der Waals surface area contributed by atoms with Gasteiger partial charge in [-0.05, 0) is 62.2 Å². The highest BCUT2D eigenvalue weighted by Gasteiger charge is 2.30. The first kappa shape index (κ1) is 20.0. The molecule has 2 fully saturated rings. The molecule has 0 aromatic heterocycles. The van der Waals surface area contributed by atoms with Gasteiger partial charge in [0.1, 0.15) is 0 Å². The van der Waals surface area contributed by atoms with Gasteiger partial charge in [0.25, 0.3) is 0 Å². The van der Waals surface area contributed by atoms with Crippen LogP contribution in [0.3, 0.4) is 0 Å². The molecule has 0 radical (unpaired) electrons. The van der Waals surface area contributed by atoms with Crippen LogP contribution in [0.25, 0.3) is 0 Å². The van der Waals surface area contributed by atoms with Gasteiger partial charge in [0.05, 0.1) is 6.61 Å². The summed E-state index contributed by atoms with van der Waals surface area (Å²) in [5.41, 5.74) is 0. The Kier molecular flexibility index (Phi) is 10.1. The summed E-state index contributed by atoms with van der Waals surface area (Å²) in [4.78, 5) is 0. The van der Waals surface area contributed by atoms with E-state index in [9.17, 15) is 0 Å². The number of ether oxygens (including phenoxy) is 1. The van der Waals surface area contributed by atoms with Crippen LogP contribution in [0.15, 0.2) is 12.7 Å². The maximum atomic E-state index is 5.66. The van der Waals surface area contributed by atoms with Crippen molar-refractivity contribution in [3.8, 4) is 0 Å². The first-order valence-corrected chi connectivity index (χ1v) is 11.0. The highest BCUT2D eigenvalue weighted by Crippen LogP contribution is 2.42. The van der Waals surface area contributed by atoms with Crippen molar-refractivity contribution in [1.82, 2.24) is 0 Å². The Morgan fingerprint density at radius 3 is 1.96 bits per heavy atom. The molecule has 0 aliphatic heterocycles. The van der Waals surface area contributed by atoms with Gasteiger partial charge >= 0.3 is 0 Å². The largest absolute Gasteiger partial charge is 0.377 e. The second-order valence-electron chi connectivity index (χ2n) is 8.59. The summed E-state index contributed by atoms with van der Waals surface area (Å²) in [5.74, 6) is 3.97. The van der Waals surface area contributed by atoms with E-state index in [0.717, 1.165) is 36.9 Å². The van der Waals surface area contributed by atoms with Crippen LogP contribution in [0.2, 0.25) is 0 Å². The van der Waals surface area contributed by atoms with E-state index < -0.39 is 0 Å². The Bertz CT molecular complexity index is 308. The zero-order valence-corrected chi connectivity index (χ0v) is 16.3. The maximum Gasteiger partial charge on any atom is 0.0644 e. The van der Waals surface area contributed by atoms with Gasteiger partial charge in [-0.2, -0.15) is 0 Å². The van der Waals surface area contributed by atoms with Crippen LogP contribution >= 0.6 is 0 Å². The van der Waals surface area contributed by atoms with Gasteiger partial charge in [0.2, 0.25) is 0 Å². The minimum atomic E-state index is 0.725. The van der Waals surface area contributed by atoms with Gasteiger partial charge < -0.3 is 4.74 Å². The molecule has 0 amide bonds. The molecular weight excluding hydrogens is 292 g/mol. The number of rotatable bonds is 11. The number of unbranched alkanes of at least 4 members (excludes halogenated alkanes) is 4. The highest BCUT2D eigenvalue weighted by molar-refractivity contribution is 4.82. The molecule has 0 atom stereocenters. The molecule has 0 N–H and O–H groups in total. The summed E-state index contributed by atoms with van der Waals surface area (Å²) in [6.45, 7) is 7.72. The Morgan fingerprint density at radius 1 is 0.792 bits per heavy atom. The molecule has 0 spiro atoms. The van der Waals surface area contributed by atoms with Gasteiger partial charge in [-0.3, -0.25) is 0 Å². The van der Waals surface area contributed by atoms with Gasteiger partial charge in [-0.1, -0.05) is 64.4 Å². The average molecular weight is 335 g/mol. The third kappa shape index (κ3) is 7.30. The smallest absolute Gasteiger partial charge is 0.0644 e. The lowest BCUT2D eigenvalue weighted by Gasteiger charge is -2.38. The summed E-state index contributed by atoms with van der Waals surface area (Å²) in [5, 5.41) is 0. The molecule has 0 aromatic rings. The third-order valence-electron chi connectivity index (χ3n) is 6.75. The lowest BCUT2D eigenvalue weighted by atomic mass is 9.69. The quantitative estimate of drug-likeness (QED) is 0.287. The summed E-state index contributed by atoms with van der Waals surface area (Å²) < 4.78 is 5.66. The second kappa shape index (κ2) is 12.1. The molecule has 0 unspecified atom stereocenters. The van der Waals surface area contributed by atoms with Gasteiger partial charge in [-0.25, -0.2) is 0 Å². The van der Waals surface area contributed by atoms with Gasteiger partial charge in [0.15, 0.2) is 0 Å². The normalized spacial score (nSPS) is 31.0. The van der Waals surface area contributed by atoms with Crippen LogP contribution in [0, 0.1) is 23.7 Å². The summed E-state index contributed by atoms with van der Waals surface area (Å²) in [6.07, 6.45) is 22.5. The van der Waals surface area contributed by atoms with E-state index in [1.165, 1.54) is 89.9 Å². The molecule has 0 saturated heterocycles. The predicted molar refractivity (Wildman–Crippen MR) is 105 cm³/mol. The summed E-state index contributed by atoms with van der Waals surface area (Å²) in [6, 6.07) is 0. The molecule has 1 nitrogen and oxygen atoms in total. The average Bonchev–Trinajstić information content (AvgIpc) is 2.63. The van der Waals surface area contributed by atoms with Crippen molar-refractivity contribution >= 4 is 0 Å². The molecule has 2 rings (SSSR count). The van der Waals surface area contributed by atoms with Crippen LogP contribution in [0.4, 0.5) is 0 Å². The van der Waals surface area contributed by atoms with E-state index >= 15 is 0 Å². The SMILES string of the molecule is C=CCOC[C@H]1CC[C@H]([C@H]2CC[C@H](CCCCCCC)CC2)CC1. The minimum absolute atomic E-state index is 0.725. The predicted octanol–water partition coefficient (Wildman–Crippen LogP) is 7.16. The van der Waals surface area contributed by atoms with E-state index in [1.54, 1.807) is 0 Å². The molecule has 140 valence electrons. The van der Waals surface area contributed by atoms with Crippen LogP contribution in [-0.4, -0.2) is 13.2 Å². The van der Waals surface area contributed by atoms with Crippen molar-refractivity contribution in [3.05, 3.63) is 12.7 Å². The Morgan fingerprint density at radius 2 is 1.38 bits per heavy atom. The second-order valence-corrected chi connectivity index (χ2v) is 8.59. The van der Waals surface area contributed by atoms with E-state index in [2.05, 4.69) is 13.5 Å². The standard InChI is InChI=1S/C23H42O/c1-3-5-6-7-8-9-20-10-14-22(15-11-20)23-16-12-21(13-17-23)19-24-18-4-2/h4,20-23H,2-3,5-19H2,1H3/t20-,21-,22-,23-. The van der Waals surface area contributed by atoms with Gasteiger partial charge in [-0.15, -0.1) is 6.58 Å². The molecule has 1 heteroatoms. The summed E-state index contributed by atoms with van der Waals surface area (Å²) in [7, 11) is 0. The zero-order valence-electron chi connectivity index (χ0n) is 16.3. The van der Waals surface area contributed by atoms with Crippen molar-refractivity contribution in [3.63, 3.8) is 0 Å². The first-order valence-electron chi connectivity index (χ1n) is 11.0. The van der Waals surface area contributed by atoms with Crippen LogP contribution in [0.5, 0.6) is 0 Å². The molecule has 24 heavy (non-hydrogen) atoms. The maximum absolute atomic E-state index is 5.66. The number of hydrogen-bond donors (Lipinski definition) is 0. The number of hydrogen-bond acceptors (Lipinski definition) is 1. The fourth-order valence-corrected chi connectivity index (χ4v) is 5.13. The van der Waals surface area contributed by atoms with E-state index in [4.69, 9.17) is 4.74 Å². The molecule has 2 aliphatic carbocycles. The van der Waals surface area contributed by atoms with Crippen LogP contribution < -0.4 is 0 Å². The zero-order chi connectivity index (χ0) is 17.0. The topological polar surface area (TPSA) is 9.23 Å². The summed E-state index contributed by atoms with van der Waals surface area (Å²) >= 11 is 0. The fraction of sp³-hybridized carbons (Fsp3) is 0.913. The monoisotopic (exact) mass is 334 g/mol. The molecule has 0 aromatic carbocycles. The van der Waals surface area contributed by atoms with Crippen molar-refractivity contribution in [2.75, 3.05) is 13.2 Å². The molecule has 0 heterocycles. The van der Waals surface area contributed by atoms with E-state index in [1.807, 2.05) is 6.08 Å². The lowest BCUT2D eigenvalue weighted by Crippen LogP contribution is -2.27.